The Balaban J connectivity index is 1.18. The molecular formula is C23H34N4O3S. The zero-order chi connectivity index (χ0) is 21.6. The van der Waals surface area contributed by atoms with Crippen molar-refractivity contribution in [1.82, 2.24) is 14.9 Å². The van der Waals surface area contributed by atoms with Gasteiger partial charge in [-0.3, -0.25) is 0 Å². The van der Waals surface area contributed by atoms with Crippen LogP contribution in [0.1, 0.15) is 38.5 Å². The zero-order valence-electron chi connectivity index (χ0n) is 18.3. The van der Waals surface area contributed by atoms with Gasteiger partial charge in [0, 0.05) is 32.7 Å². The number of hydrogen-bond donors (Lipinski definition) is 2. The first-order valence-electron chi connectivity index (χ1n) is 11.7. The number of urea groups is 1. The summed E-state index contributed by atoms with van der Waals surface area (Å²) < 4.78 is 27.2. The molecule has 5 aliphatic rings. The van der Waals surface area contributed by atoms with Crippen molar-refractivity contribution in [2.45, 2.75) is 43.4 Å². The number of nitrogens with one attached hydrogen (secondary N) is 2. The van der Waals surface area contributed by atoms with Crippen molar-refractivity contribution in [3.8, 4) is 0 Å². The molecule has 1 saturated heterocycles. The van der Waals surface area contributed by atoms with E-state index in [9.17, 15) is 13.2 Å². The first-order valence-corrected chi connectivity index (χ1v) is 13.2. The summed E-state index contributed by atoms with van der Waals surface area (Å²) in [5.41, 5.74) is 1.04. The molecule has 170 valence electrons. The summed E-state index contributed by atoms with van der Waals surface area (Å²) in [5.74, 6) is 2.67. The molecule has 1 heterocycles. The molecule has 4 saturated carbocycles. The summed E-state index contributed by atoms with van der Waals surface area (Å²) in [7, 11) is -2.09. The number of carbonyl (C=O) groups is 1. The smallest absolute Gasteiger partial charge is 0.317 e. The van der Waals surface area contributed by atoms with Gasteiger partial charge in [-0.25, -0.2) is 17.9 Å². The molecule has 1 aromatic carbocycles. The lowest BCUT2D eigenvalue weighted by atomic mass is 9.49. The molecule has 4 aliphatic carbocycles. The number of para-hydroxylation sites is 1. The van der Waals surface area contributed by atoms with Gasteiger partial charge in [0.05, 0.1) is 5.69 Å². The summed E-state index contributed by atoms with van der Waals surface area (Å²) >= 11 is 0. The van der Waals surface area contributed by atoms with Gasteiger partial charge in [-0.05, 0) is 80.9 Å². The van der Waals surface area contributed by atoms with Crippen LogP contribution in [0, 0.1) is 23.2 Å². The number of sulfonamides is 1. The largest absolute Gasteiger partial charge is 0.367 e. The van der Waals surface area contributed by atoms with Gasteiger partial charge in [-0.2, -0.15) is 0 Å². The van der Waals surface area contributed by atoms with Crippen LogP contribution in [0.25, 0.3) is 0 Å². The maximum atomic E-state index is 12.9. The van der Waals surface area contributed by atoms with Crippen LogP contribution in [0.2, 0.25) is 0 Å². The van der Waals surface area contributed by atoms with Crippen molar-refractivity contribution in [2.24, 2.45) is 23.2 Å². The molecule has 0 unspecified atom stereocenters. The topological polar surface area (TPSA) is 81.8 Å². The number of nitrogens with zero attached hydrogens (tertiary/aromatic N) is 2. The zero-order valence-corrected chi connectivity index (χ0v) is 19.2. The molecule has 6 rings (SSSR count). The van der Waals surface area contributed by atoms with E-state index in [0.29, 0.717) is 37.3 Å². The van der Waals surface area contributed by atoms with Crippen molar-refractivity contribution >= 4 is 21.7 Å². The monoisotopic (exact) mass is 446 g/mol. The molecule has 1 aromatic rings. The molecule has 4 bridgehead atoms. The van der Waals surface area contributed by atoms with Crippen molar-refractivity contribution < 1.29 is 13.2 Å². The van der Waals surface area contributed by atoms with Gasteiger partial charge in [0.25, 0.3) is 0 Å². The van der Waals surface area contributed by atoms with Crippen LogP contribution >= 0.6 is 0 Å². The SMILES string of the molecule is CNS(=O)(=O)c1ccccc1N1CCN(C(=O)NCC23CC4CC(CC(C4)C2)C3)CC1. The summed E-state index contributed by atoms with van der Waals surface area (Å²) in [6.45, 7) is 3.27. The summed E-state index contributed by atoms with van der Waals surface area (Å²) in [6.07, 6.45) is 8.14. The lowest BCUT2D eigenvalue weighted by Gasteiger charge is -2.57. The third-order valence-electron chi connectivity index (χ3n) is 8.11. The van der Waals surface area contributed by atoms with Crippen LogP contribution in [0.5, 0.6) is 0 Å². The van der Waals surface area contributed by atoms with Gasteiger partial charge in [0.15, 0.2) is 0 Å². The number of anilines is 1. The van der Waals surface area contributed by atoms with Crippen molar-refractivity contribution in [1.29, 1.82) is 0 Å². The fourth-order valence-electron chi connectivity index (χ4n) is 7.09. The average molecular weight is 447 g/mol. The minimum atomic E-state index is -3.52. The maximum absolute atomic E-state index is 12.9. The van der Waals surface area contributed by atoms with E-state index in [0.717, 1.165) is 24.3 Å². The van der Waals surface area contributed by atoms with E-state index in [2.05, 4.69) is 14.9 Å². The molecule has 2 amide bonds. The van der Waals surface area contributed by atoms with Crippen LogP contribution < -0.4 is 14.9 Å². The number of amides is 2. The highest BCUT2D eigenvalue weighted by molar-refractivity contribution is 7.89. The summed E-state index contributed by atoms with van der Waals surface area (Å²) in [4.78, 5) is 17.1. The van der Waals surface area contributed by atoms with Gasteiger partial charge >= 0.3 is 6.03 Å². The van der Waals surface area contributed by atoms with Crippen molar-refractivity contribution in [2.75, 3.05) is 44.7 Å². The van der Waals surface area contributed by atoms with E-state index in [1.54, 1.807) is 12.1 Å². The fourth-order valence-corrected chi connectivity index (χ4v) is 8.04. The highest BCUT2D eigenvalue weighted by Gasteiger charge is 2.50. The molecule has 1 aliphatic heterocycles. The van der Waals surface area contributed by atoms with Crippen LogP contribution in [-0.4, -0.2) is 59.1 Å². The van der Waals surface area contributed by atoms with Crippen molar-refractivity contribution in [3.05, 3.63) is 24.3 Å². The number of hydrogen-bond acceptors (Lipinski definition) is 4. The molecule has 0 atom stereocenters. The molecule has 5 fully saturated rings. The molecule has 31 heavy (non-hydrogen) atoms. The van der Waals surface area contributed by atoms with E-state index in [1.807, 2.05) is 17.0 Å². The van der Waals surface area contributed by atoms with E-state index < -0.39 is 10.0 Å². The predicted molar refractivity (Wildman–Crippen MR) is 120 cm³/mol. The highest BCUT2D eigenvalue weighted by atomic mass is 32.2. The first-order chi connectivity index (χ1) is 14.9. The van der Waals surface area contributed by atoms with Gasteiger partial charge < -0.3 is 15.1 Å². The Kier molecular flexibility index (Phi) is 5.41. The number of piperazine rings is 1. The van der Waals surface area contributed by atoms with Gasteiger partial charge in [0.2, 0.25) is 10.0 Å². The molecule has 2 N–H and O–H groups in total. The first kappa shape index (κ1) is 21.1. The minimum Gasteiger partial charge on any atom is -0.367 e. The highest BCUT2D eigenvalue weighted by Crippen LogP contribution is 2.59. The Morgan fingerprint density at radius 3 is 2.16 bits per heavy atom. The lowest BCUT2D eigenvalue weighted by Crippen LogP contribution is -2.55. The Morgan fingerprint density at radius 1 is 1.00 bits per heavy atom. The van der Waals surface area contributed by atoms with E-state index in [-0.39, 0.29) is 10.9 Å². The molecule has 0 radical (unpaired) electrons. The predicted octanol–water partition coefficient (Wildman–Crippen LogP) is 2.64. The number of benzene rings is 1. The molecule has 0 aromatic heterocycles. The number of carbonyl (C=O) groups excluding carboxylic acids is 1. The Bertz CT molecular complexity index is 905. The minimum absolute atomic E-state index is 0.0338. The molecular weight excluding hydrogens is 412 g/mol. The van der Waals surface area contributed by atoms with Gasteiger partial charge in [0.1, 0.15) is 4.90 Å². The Labute approximate surface area is 185 Å². The lowest BCUT2D eigenvalue weighted by molar-refractivity contribution is -0.0502. The number of rotatable bonds is 5. The quantitative estimate of drug-likeness (QED) is 0.729. The fraction of sp³-hybridized carbons (Fsp3) is 0.696. The summed E-state index contributed by atoms with van der Waals surface area (Å²) in [5, 5.41) is 3.27. The van der Waals surface area contributed by atoms with E-state index in [4.69, 9.17) is 0 Å². The molecule has 8 heteroatoms. The van der Waals surface area contributed by atoms with Crippen LogP contribution in [0.15, 0.2) is 29.2 Å². The van der Waals surface area contributed by atoms with Crippen LogP contribution in [0.4, 0.5) is 10.5 Å². The Morgan fingerprint density at radius 2 is 1.58 bits per heavy atom. The molecule has 7 nitrogen and oxygen atoms in total. The van der Waals surface area contributed by atoms with Gasteiger partial charge in [-0.15, -0.1) is 0 Å². The second-order valence-electron chi connectivity index (χ2n) is 10.2. The average Bonchev–Trinajstić information content (AvgIpc) is 2.77. The molecule has 0 spiro atoms. The van der Waals surface area contributed by atoms with E-state index in [1.165, 1.54) is 45.6 Å². The van der Waals surface area contributed by atoms with Gasteiger partial charge in [-0.1, -0.05) is 12.1 Å². The van der Waals surface area contributed by atoms with Crippen LogP contribution in [0.3, 0.4) is 0 Å². The Hall–Kier alpha value is -1.80. The maximum Gasteiger partial charge on any atom is 0.317 e. The standard InChI is InChI=1S/C23H34N4O3S/c1-24-31(29,30)21-5-3-2-4-20(21)26-6-8-27(9-7-26)22(28)25-16-23-13-17-10-18(14-23)12-19(11-17)15-23/h2-5,17-19,24H,6-16H2,1H3,(H,25,28). The second-order valence-corrected chi connectivity index (χ2v) is 12.1. The third kappa shape index (κ3) is 4.04. The van der Waals surface area contributed by atoms with E-state index >= 15 is 0 Å². The van der Waals surface area contributed by atoms with Crippen molar-refractivity contribution in [3.63, 3.8) is 0 Å². The normalized spacial score (nSPS) is 32.4. The van der Waals surface area contributed by atoms with Crippen LogP contribution in [-0.2, 0) is 10.0 Å². The third-order valence-corrected chi connectivity index (χ3v) is 9.57. The summed E-state index contributed by atoms with van der Waals surface area (Å²) in [6, 6.07) is 7.10. The second kappa shape index (κ2) is 7.96.